The summed E-state index contributed by atoms with van der Waals surface area (Å²) in [6.45, 7) is 2.05. The Morgan fingerprint density at radius 1 is 1.03 bits per heavy atom. The van der Waals surface area contributed by atoms with Gasteiger partial charge >= 0.3 is 0 Å². The summed E-state index contributed by atoms with van der Waals surface area (Å²) >= 11 is 20.2. The molecule has 3 aromatic carbocycles. The average Bonchev–Trinajstić information content (AvgIpc) is 2.74. The van der Waals surface area contributed by atoms with Crippen LogP contribution in [-0.4, -0.2) is 15.9 Å². The summed E-state index contributed by atoms with van der Waals surface area (Å²) in [5.74, 6) is 1.02. The number of hydrogen-bond acceptors (Lipinski definition) is 4. The number of fused-ring (bicyclic) bond motifs is 1. The van der Waals surface area contributed by atoms with E-state index in [4.69, 9.17) is 16.3 Å². The first-order valence-electron chi connectivity index (χ1n) is 9.52. The zero-order valence-corrected chi connectivity index (χ0v) is 24.1. The van der Waals surface area contributed by atoms with Crippen LogP contribution in [0.1, 0.15) is 17.0 Å². The summed E-state index contributed by atoms with van der Waals surface area (Å²) in [6, 6.07) is 14.7. The van der Waals surface area contributed by atoms with Crippen molar-refractivity contribution in [3.8, 4) is 5.75 Å². The van der Waals surface area contributed by atoms with Crippen molar-refractivity contribution in [1.29, 1.82) is 0 Å². The largest absolute Gasteiger partial charge is 0.487 e. The molecule has 0 N–H and O–H groups in total. The minimum absolute atomic E-state index is 0.266. The number of hydrogen-bond donors (Lipinski definition) is 0. The van der Waals surface area contributed by atoms with Crippen LogP contribution in [0.2, 0.25) is 5.02 Å². The molecule has 4 rings (SSSR count). The van der Waals surface area contributed by atoms with Crippen molar-refractivity contribution in [3.05, 3.63) is 98.7 Å². The minimum atomic E-state index is -0.266. The van der Waals surface area contributed by atoms with E-state index in [0.717, 1.165) is 19.0 Å². The second-order valence-electron chi connectivity index (χ2n) is 7.01. The van der Waals surface area contributed by atoms with Crippen LogP contribution >= 0.6 is 75.3 Å². The van der Waals surface area contributed by atoms with Gasteiger partial charge in [0.2, 0.25) is 0 Å². The monoisotopic (exact) mass is 715 g/mol. The van der Waals surface area contributed by atoms with E-state index in [2.05, 4.69) is 73.8 Å². The Morgan fingerprint density at radius 2 is 1.76 bits per heavy atom. The van der Waals surface area contributed by atoms with Gasteiger partial charge < -0.3 is 4.74 Å². The first-order chi connectivity index (χ1) is 15.7. The Balaban J connectivity index is 1.72. The third-order valence-corrected chi connectivity index (χ3v) is 7.24. The fourth-order valence-corrected chi connectivity index (χ4v) is 5.60. The van der Waals surface area contributed by atoms with Gasteiger partial charge in [-0.05, 0) is 65.3 Å². The highest BCUT2D eigenvalue weighted by Crippen LogP contribution is 2.33. The van der Waals surface area contributed by atoms with Gasteiger partial charge in [-0.15, -0.1) is 0 Å². The molecule has 0 fully saturated rings. The van der Waals surface area contributed by atoms with E-state index >= 15 is 0 Å². The highest BCUT2D eigenvalue weighted by Gasteiger charge is 2.12. The second-order valence-corrected chi connectivity index (χ2v) is 11.0. The highest BCUT2D eigenvalue weighted by molar-refractivity contribution is 9.11. The summed E-state index contributed by atoms with van der Waals surface area (Å²) in [7, 11) is 0. The van der Waals surface area contributed by atoms with Crippen molar-refractivity contribution < 1.29 is 4.74 Å². The lowest BCUT2D eigenvalue weighted by molar-refractivity contribution is 0.303. The van der Waals surface area contributed by atoms with E-state index in [-0.39, 0.29) is 5.56 Å². The lowest BCUT2D eigenvalue weighted by Gasteiger charge is -2.13. The van der Waals surface area contributed by atoms with Crippen LogP contribution in [0.3, 0.4) is 0 Å². The third kappa shape index (κ3) is 5.59. The van der Waals surface area contributed by atoms with Gasteiger partial charge in [0.1, 0.15) is 18.2 Å². The minimum Gasteiger partial charge on any atom is -0.487 e. The molecule has 0 radical (unpaired) electrons. The van der Waals surface area contributed by atoms with Gasteiger partial charge in [-0.25, -0.2) is 4.98 Å². The van der Waals surface area contributed by atoms with Crippen LogP contribution in [0, 0.1) is 6.92 Å². The van der Waals surface area contributed by atoms with Crippen molar-refractivity contribution >= 4 is 92.4 Å². The Hall–Kier alpha value is -1.52. The molecule has 0 aliphatic carbocycles. The van der Waals surface area contributed by atoms with E-state index in [1.54, 1.807) is 37.4 Å². The van der Waals surface area contributed by atoms with Gasteiger partial charge in [0, 0.05) is 29.6 Å². The van der Waals surface area contributed by atoms with Crippen molar-refractivity contribution in [1.82, 2.24) is 9.66 Å². The molecule has 33 heavy (non-hydrogen) atoms. The van der Waals surface area contributed by atoms with Crippen LogP contribution in [0.25, 0.3) is 10.9 Å². The molecule has 1 aromatic heterocycles. The number of nitrogens with zero attached hydrogens (tertiary/aromatic N) is 3. The average molecular weight is 719 g/mol. The number of ether oxygens (including phenoxy) is 1. The predicted molar refractivity (Wildman–Crippen MR) is 147 cm³/mol. The number of aryl methyl sites for hydroxylation is 1. The summed E-state index contributed by atoms with van der Waals surface area (Å²) in [6.07, 6.45) is 1.54. The normalized spacial score (nSPS) is 11.5. The van der Waals surface area contributed by atoms with E-state index in [1.165, 1.54) is 4.68 Å². The Kier molecular flexibility index (Phi) is 7.75. The molecular formula is C23H14Br4ClN3O2. The second kappa shape index (κ2) is 10.4. The van der Waals surface area contributed by atoms with E-state index < -0.39 is 0 Å². The van der Waals surface area contributed by atoms with Crippen molar-refractivity contribution in [3.63, 3.8) is 0 Å². The maximum atomic E-state index is 13.0. The molecule has 0 saturated carbocycles. The van der Waals surface area contributed by atoms with Crippen LogP contribution in [0.5, 0.6) is 5.75 Å². The lowest BCUT2D eigenvalue weighted by atomic mass is 10.2. The van der Waals surface area contributed by atoms with Gasteiger partial charge in [0.25, 0.3) is 5.56 Å². The van der Waals surface area contributed by atoms with Gasteiger partial charge in [0.15, 0.2) is 0 Å². The van der Waals surface area contributed by atoms with Crippen LogP contribution in [0.4, 0.5) is 0 Å². The summed E-state index contributed by atoms with van der Waals surface area (Å²) in [4.78, 5) is 17.5. The molecule has 0 spiro atoms. The fraction of sp³-hybridized carbons (Fsp3) is 0.0870. The van der Waals surface area contributed by atoms with Gasteiger partial charge in [-0.2, -0.15) is 9.78 Å². The number of aromatic nitrogens is 2. The Bertz CT molecular complexity index is 1470. The number of rotatable bonds is 5. The SMILES string of the molecule is Cc1nc2ccc(Br)cc2c(=O)n1N=Cc1cc(Cl)cc(Br)c1OCc1ccc(Br)cc1Br. The first kappa shape index (κ1) is 24.6. The molecule has 0 saturated heterocycles. The first-order valence-corrected chi connectivity index (χ1v) is 13.1. The summed E-state index contributed by atoms with van der Waals surface area (Å²) in [5.41, 5.74) is 1.93. The van der Waals surface area contributed by atoms with E-state index in [9.17, 15) is 4.79 Å². The van der Waals surface area contributed by atoms with Crippen LogP contribution < -0.4 is 10.3 Å². The molecule has 0 aliphatic rings. The van der Waals surface area contributed by atoms with Crippen molar-refractivity contribution in [2.75, 3.05) is 0 Å². The molecule has 0 atom stereocenters. The maximum Gasteiger partial charge on any atom is 0.282 e. The smallest absolute Gasteiger partial charge is 0.282 e. The quantitative estimate of drug-likeness (QED) is 0.198. The van der Waals surface area contributed by atoms with E-state index in [0.29, 0.717) is 44.1 Å². The van der Waals surface area contributed by atoms with Gasteiger partial charge in [0.05, 0.1) is 21.6 Å². The fourth-order valence-electron chi connectivity index (χ4n) is 3.13. The molecule has 1 heterocycles. The van der Waals surface area contributed by atoms with E-state index in [1.807, 2.05) is 24.3 Å². The zero-order valence-electron chi connectivity index (χ0n) is 17.0. The molecule has 0 unspecified atom stereocenters. The molecular weight excluding hydrogens is 705 g/mol. The van der Waals surface area contributed by atoms with Gasteiger partial charge in [-0.1, -0.05) is 65.5 Å². The lowest BCUT2D eigenvalue weighted by Crippen LogP contribution is -2.20. The topological polar surface area (TPSA) is 56.5 Å². The third-order valence-electron chi connectivity index (χ3n) is 4.71. The van der Waals surface area contributed by atoms with Crippen molar-refractivity contribution in [2.45, 2.75) is 13.5 Å². The maximum absolute atomic E-state index is 13.0. The van der Waals surface area contributed by atoms with Crippen LogP contribution in [0.15, 0.2) is 76.3 Å². The summed E-state index contributed by atoms with van der Waals surface area (Å²) in [5, 5.41) is 5.38. The van der Waals surface area contributed by atoms with Crippen LogP contribution in [-0.2, 0) is 6.61 Å². The highest BCUT2D eigenvalue weighted by atomic mass is 79.9. The molecule has 4 aromatic rings. The Morgan fingerprint density at radius 3 is 2.52 bits per heavy atom. The molecule has 0 amide bonds. The Labute approximate surface area is 228 Å². The summed E-state index contributed by atoms with van der Waals surface area (Å²) < 4.78 is 10.7. The molecule has 0 aliphatic heterocycles. The zero-order chi connectivity index (χ0) is 23.7. The number of halogens is 5. The molecule has 5 nitrogen and oxygen atoms in total. The predicted octanol–water partition coefficient (Wildman–Crippen LogP) is 7.87. The molecule has 10 heteroatoms. The molecule has 168 valence electrons. The van der Waals surface area contributed by atoms with Crippen molar-refractivity contribution in [2.24, 2.45) is 5.10 Å². The molecule has 0 bridgehead atoms. The number of benzene rings is 3. The van der Waals surface area contributed by atoms with Gasteiger partial charge in [-0.3, -0.25) is 4.79 Å². The standard InChI is InChI=1S/C23H14Br4ClN3O2/c1-12-30-21-5-4-15(24)7-18(21)23(32)31(12)29-10-14-6-17(28)9-20(27)22(14)33-11-13-2-3-16(25)8-19(13)26/h2-10H,11H2,1H3.